The number of hydrogen-bond donors (Lipinski definition) is 0. The third kappa shape index (κ3) is 6.54. The molecule has 3 aromatic carbocycles. The van der Waals surface area contributed by atoms with Gasteiger partial charge in [0, 0.05) is 6.21 Å². The van der Waals surface area contributed by atoms with Crippen molar-refractivity contribution < 1.29 is 23.8 Å². The lowest BCUT2D eigenvalue weighted by molar-refractivity contribution is 0.0459. The van der Waals surface area contributed by atoms with E-state index in [-0.39, 0.29) is 5.92 Å². The molecule has 3 rings (SSSR count). The van der Waals surface area contributed by atoms with Gasteiger partial charge < -0.3 is 14.2 Å². The van der Waals surface area contributed by atoms with E-state index in [0.717, 1.165) is 11.3 Å². The highest BCUT2D eigenvalue weighted by atomic mass is 16.5. The van der Waals surface area contributed by atoms with Crippen molar-refractivity contribution in [3.63, 3.8) is 0 Å². The van der Waals surface area contributed by atoms with Crippen molar-refractivity contribution in [3.05, 3.63) is 89.5 Å². The Morgan fingerprint density at radius 1 is 0.812 bits per heavy atom. The average molecular weight is 431 g/mol. The predicted molar refractivity (Wildman–Crippen MR) is 123 cm³/mol. The Balaban J connectivity index is 1.57. The lowest BCUT2D eigenvalue weighted by atomic mass is 10.2. The van der Waals surface area contributed by atoms with Crippen LogP contribution in [0.1, 0.15) is 40.1 Å². The molecule has 0 aliphatic heterocycles. The number of benzene rings is 3. The van der Waals surface area contributed by atoms with E-state index in [2.05, 4.69) is 4.99 Å². The molecule has 0 aromatic heterocycles. The molecule has 0 radical (unpaired) electrons. The van der Waals surface area contributed by atoms with Gasteiger partial charge in [-0.2, -0.15) is 0 Å². The highest BCUT2D eigenvalue weighted by Gasteiger charge is 2.11. The molecule has 0 aliphatic rings. The molecule has 0 amide bonds. The Bertz CT molecular complexity index is 1070. The van der Waals surface area contributed by atoms with Crippen LogP contribution in [0.4, 0.5) is 5.69 Å². The van der Waals surface area contributed by atoms with Gasteiger partial charge in [0.1, 0.15) is 11.5 Å². The minimum atomic E-state index is -0.495. The molecule has 0 atom stereocenters. The van der Waals surface area contributed by atoms with Crippen molar-refractivity contribution in [2.24, 2.45) is 10.9 Å². The Morgan fingerprint density at radius 2 is 1.38 bits per heavy atom. The van der Waals surface area contributed by atoms with Crippen LogP contribution in [0.25, 0.3) is 0 Å². The van der Waals surface area contributed by atoms with Crippen LogP contribution in [0.2, 0.25) is 0 Å². The Kier molecular flexibility index (Phi) is 7.75. The third-order valence-electron chi connectivity index (χ3n) is 4.43. The lowest BCUT2D eigenvalue weighted by Crippen LogP contribution is -2.11. The smallest absolute Gasteiger partial charge is 0.343 e. The van der Waals surface area contributed by atoms with Crippen molar-refractivity contribution in [2.45, 2.75) is 13.8 Å². The fraction of sp³-hybridized carbons (Fsp3) is 0.192. The number of methoxy groups -OCH3 is 1. The van der Waals surface area contributed by atoms with Gasteiger partial charge in [-0.05, 0) is 84.3 Å². The maximum Gasteiger partial charge on any atom is 0.343 e. The first-order valence-electron chi connectivity index (χ1n) is 10.2. The normalized spacial score (nSPS) is 10.9. The number of rotatable bonds is 8. The fourth-order valence-corrected chi connectivity index (χ4v) is 2.67. The third-order valence-corrected chi connectivity index (χ3v) is 4.43. The zero-order valence-electron chi connectivity index (χ0n) is 18.3. The summed E-state index contributed by atoms with van der Waals surface area (Å²) >= 11 is 0. The molecule has 0 heterocycles. The van der Waals surface area contributed by atoms with Gasteiger partial charge in [0.05, 0.1) is 30.5 Å². The van der Waals surface area contributed by atoms with Crippen LogP contribution in [-0.4, -0.2) is 31.9 Å². The summed E-state index contributed by atoms with van der Waals surface area (Å²) in [6.45, 7) is 4.29. The molecule has 0 saturated heterocycles. The topological polar surface area (TPSA) is 74.2 Å². The van der Waals surface area contributed by atoms with Crippen LogP contribution in [0.5, 0.6) is 11.5 Å². The van der Waals surface area contributed by atoms with Crippen molar-refractivity contribution in [2.75, 3.05) is 13.7 Å². The Morgan fingerprint density at radius 3 is 1.97 bits per heavy atom. The minimum Gasteiger partial charge on any atom is -0.497 e. The summed E-state index contributed by atoms with van der Waals surface area (Å²) in [5, 5.41) is 0. The zero-order valence-corrected chi connectivity index (χ0v) is 18.3. The lowest BCUT2D eigenvalue weighted by Gasteiger charge is -2.08. The number of carbonyl (C=O) groups excluding carboxylic acids is 2. The highest BCUT2D eigenvalue weighted by Crippen LogP contribution is 2.18. The van der Waals surface area contributed by atoms with E-state index in [1.165, 1.54) is 0 Å². The molecule has 0 N–H and O–H groups in total. The molecule has 3 aromatic rings. The summed E-state index contributed by atoms with van der Waals surface area (Å²) in [4.78, 5) is 28.8. The quantitative estimate of drug-likeness (QED) is 0.268. The molecule has 0 bridgehead atoms. The maximum atomic E-state index is 12.4. The number of aliphatic imine (C=N–C) groups is 1. The fourth-order valence-electron chi connectivity index (χ4n) is 2.67. The van der Waals surface area contributed by atoms with E-state index >= 15 is 0 Å². The van der Waals surface area contributed by atoms with Crippen LogP contribution in [0, 0.1) is 5.92 Å². The second-order valence-electron chi connectivity index (χ2n) is 7.48. The highest BCUT2D eigenvalue weighted by molar-refractivity contribution is 5.92. The van der Waals surface area contributed by atoms with Crippen LogP contribution in [0.3, 0.4) is 0 Å². The van der Waals surface area contributed by atoms with Gasteiger partial charge in [-0.25, -0.2) is 9.59 Å². The first kappa shape index (κ1) is 22.7. The summed E-state index contributed by atoms with van der Waals surface area (Å²) in [6.07, 6.45) is 1.74. The van der Waals surface area contributed by atoms with Gasteiger partial charge in [0.2, 0.25) is 0 Å². The summed E-state index contributed by atoms with van der Waals surface area (Å²) in [7, 11) is 1.62. The SMILES string of the molecule is COc1ccc(C=Nc2ccc(C(=O)Oc3ccc(C(=O)OCC(C)C)cc3)cc2)cc1. The van der Waals surface area contributed by atoms with Crippen molar-refractivity contribution in [1.29, 1.82) is 0 Å². The molecule has 6 heteroatoms. The average Bonchev–Trinajstić information content (AvgIpc) is 2.82. The van der Waals surface area contributed by atoms with Gasteiger partial charge in [0.25, 0.3) is 0 Å². The Hall–Kier alpha value is -3.93. The summed E-state index contributed by atoms with van der Waals surface area (Å²) < 4.78 is 15.7. The van der Waals surface area contributed by atoms with E-state index in [9.17, 15) is 9.59 Å². The maximum absolute atomic E-state index is 12.4. The van der Waals surface area contributed by atoms with E-state index < -0.39 is 11.9 Å². The molecule has 0 aliphatic carbocycles. The minimum absolute atomic E-state index is 0.263. The summed E-state index contributed by atoms with van der Waals surface area (Å²) in [5.74, 6) is 0.495. The van der Waals surface area contributed by atoms with Gasteiger partial charge in [0.15, 0.2) is 0 Å². The number of carbonyl (C=O) groups is 2. The molecular formula is C26H25NO5. The summed E-state index contributed by atoms with van der Waals surface area (Å²) in [5.41, 5.74) is 2.45. The van der Waals surface area contributed by atoms with Crippen molar-refractivity contribution >= 4 is 23.8 Å². The standard InChI is InChI=1S/C26H25NO5/c1-18(2)17-31-25(28)20-8-14-24(15-9-20)32-26(29)21-6-10-22(11-7-21)27-16-19-4-12-23(30-3)13-5-19/h4-16,18H,17H2,1-3H3. The molecule has 32 heavy (non-hydrogen) atoms. The number of ether oxygens (including phenoxy) is 3. The molecule has 164 valence electrons. The molecule has 0 saturated carbocycles. The van der Waals surface area contributed by atoms with Gasteiger partial charge >= 0.3 is 11.9 Å². The van der Waals surface area contributed by atoms with Gasteiger partial charge in [-0.15, -0.1) is 0 Å². The molecule has 0 fully saturated rings. The first-order chi connectivity index (χ1) is 15.4. The molecule has 0 spiro atoms. The van der Waals surface area contributed by atoms with E-state index in [1.54, 1.807) is 61.9 Å². The zero-order chi connectivity index (χ0) is 22.9. The van der Waals surface area contributed by atoms with Crippen LogP contribution in [0.15, 0.2) is 77.8 Å². The summed E-state index contributed by atoms with van der Waals surface area (Å²) in [6, 6.07) is 20.6. The number of nitrogens with zero attached hydrogens (tertiary/aromatic N) is 1. The number of hydrogen-bond acceptors (Lipinski definition) is 6. The molecule has 0 unspecified atom stereocenters. The van der Waals surface area contributed by atoms with E-state index in [0.29, 0.717) is 29.2 Å². The van der Waals surface area contributed by atoms with E-state index in [1.807, 2.05) is 38.1 Å². The van der Waals surface area contributed by atoms with Crippen molar-refractivity contribution in [1.82, 2.24) is 0 Å². The molecular weight excluding hydrogens is 406 g/mol. The van der Waals surface area contributed by atoms with Crippen LogP contribution in [-0.2, 0) is 4.74 Å². The molecule has 6 nitrogen and oxygen atoms in total. The Labute approximate surface area is 187 Å². The second-order valence-corrected chi connectivity index (χ2v) is 7.48. The van der Waals surface area contributed by atoms with E-state index in [4.69, 9.17) is 14.2 Å². The number of esters is 2. The second kappa shape index (κ2) is 10.9. The largest absolute Gasteiger partial charge is 0.497 e. The van der Waals surface area contributed by atoms with Crippen LogP contribution < -0.4 is 9.47 Å². The monoisotopic (exact) mass is 431 g/mol. The first-order valence-corrected chi connectivity index (χ1v) is 10.2. The van der Waals surface area contributed by atoms with Gasteiger partial charge in [-0.3, -0.25) is 4.99 Å². The van der Waals surface area contributed by atoms with Crippen molar-refractivity contribution in [3.8, 4) is 11.5 Å². The van der Waals surface area contributed by atoms with Gasteiger partial charge in [-0.1, -0.05) is 13.8 Å². The predicted octanol–water partition coefficient (Wildman–Crippen LogP) is 5.48. The van der Waals surface area contributed by atoms with Crippen LogP contribution >= 0.6 is 0 Å².